The van der Waals surface area contributed by atoms with Gasteiger partial charge in [-0.15, -0.1) is 10.2 Å². The van der Waals surface area contributed by atoms with Gasteiger partial charge in [0.2, 0.25) is 0 Å². The Morgan fingerprint density at radius 1 is 1.15 bits per heavy atom. The molecule has 4 heterocycles. The van der Waals surface area contributed by atoms with Crippen molar-refractivity contribution in [2.75, 3.05) is 26.0 Å². The van der Waals surface area contributed by atoms with E-state index in [-0.39, 0.29) is 17.6 Å². The normalized spacial score (nSPS) is 16.7. The molecule has 0 fully saturated rings. The van der Waals surface area contributed by atoms with Crippen LogP contribution in [0.25, 0.3) is 11.5 Å². The minimum Gasteiger partial charge on any atom is -0.331 e. The fourth-order valence-electron chi connectivity index (χ4n) is 4.61. The molecule has 3 amide bonds. The highest BCUT2D eigenvalue weighted by Gasteiger charge is 2.26. The van der Waals surface area contributed by atoms with Gasteiger partial charge in [-0.05, 0) is 55.2 Å². The summed E-state index contributed by atoms with van der Waals surface area (Å²) in [6.45, 7) is 2.95. The number of hydrogen-bond donors (Lipinski definition) is 1. The molecule has 1 atom stereocenters. The number of benzene rings is 1. The molecule has 9 nitrogen and oxygen atoms in total. The van der Waals surface area contributed by atoms with Crippen molar-refractivity contribution in [3.63, 3.8) is 0 Å². The van der Waals surface area contributed by atoms with Gasteiger partial charge in [-0.1, -0.05) is 6.07 Å². The van der Waals surface area contributed by atoms with E-state index in [9.17, 15) is 14.0 Å². The standard InChI is InChI=1S/C24H26FN7O2/c1-14-7-8-21-28-29-22(32(14)21)19-5-4-6-20(26-19)27-23(33)17-11-16-13-31(24(34)30(2)3)10-9-15(16)12-18(17)25/h4-6,11-12,14H,7-10,13H2,1-3H3,(H,26,27,33)/t14-/m0/s1. The molecule has 0 saturated carbocycles. The van der Waals surface area contributed by atoms with Gasteiger partial charge in [0.1, 0.15) is 23.2 Å². The highest BCUT2D eigenvalue weighted by atomic mass is 19.1. The number of nitrogens with one attached hydrogen (secondary N) is 1. The van der Waals surface area contributed by atoms with E-state index >= 15 is 0 Å². The zero-order valence-electron chi connectivity index (χ0n) is 19.4. The van der Waals surface area contributed by atoms with E-state index in [2.05, 4.69) is 32.0 Å². The maximum absolute atomic E-state index is 14.8. The molecule has 2 aliphatic rings. The first-order valence-corrected chi connectivity index (χ1v) is 11.3. The van der Waals surface area contributed by atoms with Crippen LogP contribution < -0.4 is 5.32 Å². The van der Waals surface area contributed by atoms with Crippen LogP contribution in [0.3, 0.4) is 0 Å². The lowest BCUT2D eigenvalue weighted by molar-refractivity contribution is 0.102. The topological polar surface area (TPSA) is 96.2 Å². The minimum absolute atomic E-state index is 0.0814. The second-order valence-corrected chi connectivity index (χ2v) is 9.01. The summed E-state index contributed by atoms with van der Waals surface area (Å²) in [6.07, 6.45) is 2.42. The van der Waals surface area contributed by atoms with Gasteiger partial charge >= 0.3 is 6.03 Å². The molecule has 5 rings (SSSR count). The number of halogens is 1. The van der Waals surface area contributed by atoms with E-state index in [0.717, 1.165) is 29.8 Å². The molecule has 3 aromatic rings. The van der Waals surface area contributed by atoms with Gasteiger partial charge in [0.05, 0.1) is 5.56 Å². The fourth-order valence-corrected chi connectivity index (χ4v) is 4.61. The molecule has 0 radical (unpaired) electrons. The maximum atomic E-state index is 14.8. The summed E-state index contributed by atoms with van der Waals surface area (Å²) < 4.78 is 16.9. The molecular formula is C24H26FN7O2. The summed E-state index contributed by atoms with van der Waals surface area (Å²) >= 11 is 0. The second-order valence-electron chi connectivity index (χ2n) is 9.01. The van der Waals surface area contributed by atoms with Gasteiger partial charge in [-0.3, -0.25) is 4.79 Å². The van der Waals surface area contributed by atoms with E-state index in [1.807, 2.05) is 6.07 Å². The summed E-state index contributed by atoms with van der Waals surface area (Å²) in [5.74, 6) is 0.690. The number of carbonyl (C=O) groups is 2. The molecule has 1 aromatic carbocycles. The van der Waals surface area contributed by atoms with E-state index in [1.54, 1.807) is 31.1 Å². The average molecular weight is 464 g/mol. The van der Waals surface area contributed by atoms with Crippen LogP contribution in [0.2, 0.25) is 0 Å². The summed E-state index contributed by atoms with van der Waals surface area (Å²) in [4.78, 5) is 33.0. The largest absolute Gasteiger partial charge is 0.331 e. The number of amides is 3. The predicted molar refractivity (Wildman–Crippen MR) is 124 cm³/mol. The Bertz CT molecular complexity index is 1290. The Labute approximate surface area is 196 Å². The maximum Gasteiger partial charge on any atom is 0.319 e. The van der Waals surface area contributed by atoms with Gasteiger partial charge in [0.15, 0.2) is 5.82 Å². The van der Waals surface area contributed by atoms with E-state index in [4.69, 9.17) is 0 Å². The van der Waals surface area contributed by atoms with E-state index < -0.39 is 11.7 Å². The third-order valence-corrected chi connectivity index (χ3v) is 6.41. The lowest BCUT2D eigenvalue weighted by Crippen LogP contribution is -2.42. The Morgan fingerprint density at radius 2 is 1.97 bits per heavy atom. The van der Waals surface area contributed by atoms with Crippen LogP contribution in [0.4, 0.5) is 15.0 Å². The van der Waals surface area contributed by atoms with Crippen molar-refractivity contribution in [1.82, 2.24) is 29.5 Å². The highest BCUT2D eigenvalue weighted by molar-refractivity contribution is 6.04. The van der Waals surface area contributed by atoms with Crippen LogP contribution in [0, 0.1) is 5.82 Å². The Morgan fingerprint density at radius 3 is 2.76 bits per heavy atom. The number of aryl methyl sites for hydroxylation is 1. The van der Waals surface area contributed by atoms with Crippen molar-refractivity contribution in [2.24, 2.45) is 0 Å². The van der Waals surface area contributed by atoms with Gasteiger partial charge in [0.25, 0.3) is 5.91 Å². The zero-order chi connectivity index (χ0) is 24.0. The third kappa shape index (κ3) is 3.89. The Kier molecular flexibility index (Phi) is 5.51. The number of nitrogens with zero attached hydrogens (tertiary/aromatic N) is 6. The monoisotopic (exact) mass is 463 g/mol. The van der Waals surface area contributed by atoms with Gasteiger partial charge in [-0.2, -0.15) is 0 Å². The lowest BCUT2D eigenvalue weighted by Gasteiger charge is -2.31. The third-order valence-electron chi connectivity index (χ3n) is 6.41. The molecule has 0 saturated heterocycles. The number of rotatable bonds is 3. The molecular weight excluding hydrogens is 437 g/mol. The summed E-state index contributed by atoms with van der Waals surface area (Å²) in [6, 6.07) is 8.33. The number of urea groups is 1. The zero-order valence-corrected chi connectivity index (χ0v) is 19.4. The number of fused-ring (bicyclic) bond motifs is 2. The van der Waals surface area contributed by atoms with Crippen molar-refractivity contribution < 1.29 is 14.0 Å². The molecule has 176 valence electrons. The first-order chi connectivity index (χ1) is 16.3. The van der Waals surface area contributed by atoms with Crippen LogP contribution in [0.15, 0.2) is 30.3 Å². The predicted octanol–water partition coefficient (Wildman–Crippen LogP) is 3.28. The van der Waals surface area contributed by atoms with Gasteiger partial charge in [-0.25, -0.2) is 14.2 Å². The molecule has 0 unspecified atom stereocenters. The smallest absolute Gasteiger partial charge is 0.319 e. The van der Waals surface area contributed by atoms with Gasteiger partial charge in [0, 0.05) is 39.6 Å². The molecule has 2 aromatic heterocycles. The first-order valence-electron chi connectivity index (χ1n) is 11.3. The SMILES string of the molecule is C[C@H]1CCc2nnc(-c3cccc(NC(=O)c4cc5c(cc4F)CCN(C(=O)N(C)C)C5)n3)n21. The van der Waals surface area contributed by atoms with Crippen molar-refractivity contribution in [1.29, 1.82) is 0 Å². The van der Waals surface area contributed by atoms with Gasteiger partial charge < -0.3 is 19.7 Å². The van der Waals surface area contributed by atoms with Crippen LogP contribution in [0.1, 0.15) is 46.7 Å². The molecule has 0 aliphatic carbocycles. The first kappa shape index (κ1) is 22.0. The van der Waals surface area contributed by atoms with E-state index in [1.165, 1.54) is 17.0 Å². The molecule has 10 heteroatoms. The quantitative estimate of drug-likeness (QED) is 0.643. The summed E-state index contributed by atoms with van der Waals surface area (Å²) in [5.41, 5.74) is 2.09. The van der Waals surface area contributed by atoms with Crippen LogP contribution in [-0.2, 0) is 19.4 Å². The number of anilines is 1. The number of carbonyl (C=O) groups excluding carboxylic acids is 2. The van der Waals surface area contributed by atoms with Crippen LogP contribution in [-0.4, -0.2) is 62.1 Å². The number of pyridine rings is 1. The average Bonchev–Trinajstić information content (AvgIpc) is 3.41. The number of hydrogen-bond acceptors (Lipinski definition) is 5. The van der Waals surface area contributed by atoms with E-state index in [0.29, 0.717) is 36.8 Å². The van der Waals surface area contributed by atoms with Crippen LogP contribution in [0.5, 0.6) is 0 Å². The molecule has 0 spiro atoms. The van der Waals surface area contributed by atoms with Crippen molar-refractivity contribution in [3.05, 3.63) is 58.7 Å². The van der Waals surface area contributed by atoms with Crippen molar-refractivity contribution in [2.45, 2.75) is 38.8 Å². The Hall–Kier alpha value is -3.82. The highest BCUT2D eigenvalue weighted by Crippen LogP contribution is 2.30. The summed E-state index contributed by atoms with van der Waals surface area (Å²) in [7, 11) is 3.38. The molecule has 34 heavy (non-hydrogen) atoms. The Balaban J connectivity index is 1.38. The van der Waals surface area contributed by atoms with Crippen LogP contribution >= 0.6 is 0 Å². The van der Waals surface area contributed by atoms with Crippen molar-refractivity contribution >= 4 is 17.8 Å². The molecule has 0 bridgehead atoms. The molecule has 2 aliphatic heterocycles. The second kappa shape index (κ2) is 8.51. The van der Waals surface area contributed by atoms with Crippen molar-refractivity contribution in [3.8, 4) is 11.5 Å². The fraction of sp³-hybridized carbons (Fsp3) is 0.375. The molecule has 1 N–H and O–H groups in total. The number of aromatic nitrogens is 4. The lowest BCUT2D eigenvalue weighted by atomic mass is 9.96. The minimum atomic E-state index is -0.596. The summed E-state index contributed by atoms with van der Waals surface area (Å²) in [5, 5.41) is 11.2.